The molecule has 0 saturated carbocycles. The molecule has 5 nitrogen and oxygen atoms in total. The molecule has 1 N–H and O–H groups in total. The molecule has 0 saturated heterocycles. The fraction of sp³-hybridized carbons (Fsp3) is 0.444. The molecule has 0 aliphatic rings. The van der Waals surface area contributed by atoms with Crippen molar-refractivity contribution >= 4 is 44.3 Å². The normalized spacial score (nSPS) is 9.88. The van der Waals surface area contributed by atoms with Gasteiger partial charge in [0, 0.05) is 17.1 Å². The minimum absolute atomic E-state index is 0.137. The smallest absolute Gasteiger partial charge is 0.357 e. The molecule has 0 aliphatic heterocycles. The fourth-order valence-electron chi connectivity index (χ4n) is 0.898. The van der Waals surface area contributed by atoms with E-state index in [-0.39, 0.29) is 11.6 Å². The van der Waals surface area contributed by atoms with E-state index in [0.717, 1.165) is 0 Å². The van der Waals surface area contributed by atoms with Crippen LogP contribution < -0.4 is 5.32 Å². The second-order valence-electron chi connectivity index (χ2n) is 2.75. The number of halogens is 1. The number of aromatic nitrogens is 1. The number of carbonyl (C=O) groups is 2. The molecule has 16 heavy (non-hydrogen) atoms. The molecule has 0 unspecified atom stereocenters. The van der Waals surface area contributed by atoms with Gasteiger partial charge in [0.15, 0.2) is 10.8 Å². The van der Waals surface area contributed by atoms with Gasteiger partial charge in [0.25, 0.3) is 0 Å². The van der Waals surface area contributed by atoms with E-state index in [0.29, 0.717) is 23.5 Å². The number of esters is 1. The Balaban J connectivity index is 2.57. The number of alkyl halides is 1. The van der Waals surface area contributed by atoms with Crippen molar-refractivity contribution in [3.8, 4) is 0 Å². The van der Waals surface area contributed by atoms with Crippen LogP contribution in [0.3, 0.4) is 0 Å². The molecule has 1 aromatic rings. The molecule has 0 spiro atoms. The van der Waals surface area contributed by atoms with E-state index in [1.807, 2.05) is 0 Å². The number of amides is 1. The molecule has 0 aliphatic carbocycles. The summed E-state index contributed by atoms with van der Waals surface area (Å²) in [5.74, 6) is -0.610. The lowest BCUT2D eigenvalue weighted by atomic mass is 10.5. The summed E-state index contributed by atoms with van der Waals surface area (Å²) in [5.41, 5.74) is 0.223. The highest BCUT2D eigenvalue weighted by atomic mass is 79.9. The number of carbonyl (C=O) groups excluding carboxylic acids is 2. The molecular formula is C9H11BrN2O3S. The highest BCUT2D eigenvalue weighted by molar-refractivity contribution is 9.09. The Hall–Kier alpha value is -0.950. The molecule has 1 heterocycles. The van der Waals surface area contributed by atoms with Gasteiger partial charge in [0.05, 0.1) is 6.61 Å². The lowest BCUT2D eigenvalue weighted by molar-refractivity contribution is -0.115. The minimum Gasteiger partial charge on any atom is -0.461 e. The first kappa shape index (κ1) is 13.1. The summed E-state index contributed by atoms with van der Waals surface area (Å²) in [7, 11) is 0. The molecule has 88 valence electrons. The summed E-state index contributed by atoms with van der Waals surface area (Å²) in [6, 6.07) is 0. The maximum atomic E-state index is 11.3. The zero-order valence-corrected chi connectivity index (χ0v) is 11.1. The van der Waals surface area contributed by atoms with Crippen LogP contribution in [0, 0.1) is 0 Å². The maximum absolute atomic E-state index is 11.3. The van der Waals surface area contributed by atoms with Crippen molar-refractivity contribution in [1.82, 2.24) is 4.98 Å². The fourth-order valence-corrected chi connectivity index (χ4v) is 1.95. The Morgan fingerprint density at radius 2 is 2.38 bits per heavy atom. The Kier molecular flexibility index (Phi) is 5.41. The number of hydrogen-bond acceptors (Lipinski definition) is 5. The Labute approximate surface area is 105 Å². The van der Waals surface area contributed by atoms with Crippen LogP contribution in [0.4, 0.5) is 5.13 Å². The Bertz CT molecular complexity index is 381. The first-order valence-electron chi connectivity index (χ1n) is 4.65. The molecule has 0 bridgehead atoms. The van der Waals surface area contributed by atoms with Gasteiger partial charge < -0.3 is 10.1 Å². The second kappa shape index (κ2) is 6.59. The van der Waals surface area contributed by atoms with Crippen LogP contribution >= 0.6 is 27.3 Å². The molecule has 0 aromatic carbocycles. The van der Waals surface area contributed by atoms with Crippen molar-refractivity contribution in [3.05, 3.63) is 11.1 Å². The van der Waals surface area contributed by atoms with Gasteiger partial charge in [-0.3, -0.25) is 4.79 Å². The number of anilines is 1. The number of nitrogens with zero attached hydrogens (tertiary/aromatic N) is 1. The summed E-state index contributed by atoms with van der Waals surface area (Å²) < 4.78 is 4.78. The van der Waals surface area contributed by atoms with Crippen LogP contribution in [0.1, 0.15) is 23.8 Å². The summed E-state index contributed by atoms with van der Waals surface area (Å²) in [5, 5.41) is 5.15. The first-order chi connectivity index (χ1) is 7.67. The van der Waals surface area contributed by atoms with Gasteiger partial charge in [-0.25, -0.2) is 9.78 Å². The van der Waals surface area contributed by atoms with Gasteiger partial charge in [0.1, 0.15) is 0 Å². The van der Waals surface area contributed by atoms with Crippen LogP contribution in [0.2, 0.25) is 0 Å². The summed E-state index contributed by atoms with van der Waals surface area (Å²) in [6.45, 7) is 2.03. The van der Waals surface area contributed by atoms with Crippen LogP contribution in [-0.4, -0.2) is 28.8 Å². The van der Waals surface area contributed by atoms with Crippen molar-refractivity contribution < 1.29 is 14.3 Å². The number of ether oxygens (including phenoxy) is 1. The molecule has 0 fully saturated rings. The zero-order chi connectivity index (χ0) is 12.0. The van der Waals surface area contributed by atoms with E-state index in [9.17, 15) is 9.59 Å². The Morgan fingerprint density at radius 1 is 1.62 bits per heavy atom. The first-order valence-corrected chi connectivity index (χ1v) is 6.66. The van der Waals surface area contributed by atoms with Gasteiger partial charge in [0.2, 0.25) is 5.91 Å². The average molecular weight is 307 g/mol. The molecule has 1 aromatic heterocycles. The van der Waals surface area contributed by atoms with Crippen LogP contribution in [-0.2, 0) is 9.53 Å². The minimum atomic E-state index is -0.472. The summed E-state index contributed by atoms with van der Waals surface area (Å²) in [6.07, 6.45) is 0.369. The standard InChI is InChI=1S/C9H11BrN2O3S/c1-2-15-8(14)6-5-16-9(11-6)12-7(13)3-4-10/h5H,2-4H2,1H3,(H,11,12,13). The zero-order valence-electron chi connectivity index (χ0n) is 8.66. The van der Waals surface area contributed by atoms with Crippen LogP contribution in [0.5, 0.6) is 0 Å². The average Bonchev–Trinajstić information content (AvgIpc) is 2.67. The largest absolute Gasteiger partial charge is 0.461 e. The monoisotopic (exact) mass is 306 g/mol. The third-order valence-electron chi connectivity index (χ3n) is 1.56. The van der Waals surface area contributed by atoms with E-state index in [1.54, 1.807) is 12.3 Å². The molecular weight excluding hydrogens is 296 g/mol. The lowest BCUT2D eigenvalue weighted by Crippen LogP contribution is -2.12. The van der Waals surface area contributed by atoms with Gasteiger partial charge in [-0.1, -0.05) is 15.9 Å². The predicted octanol–water partition coefficient (Wildman–Crippen LogP) is 2.04. The van der Waals surface area contributed by atoms with Gasteiger partial charge >= 0.3 is 5.97 Å². The summed E-state index contributed by atoms with van der Waals surface area (Å²) >= 11 is 4.36. The highest BCUT2D eigenvalue weighted by Gasteiger charge is 2.12. The van der Waals surface area contributed by atoms with Gasteiger partial charge in [-0.15, -0.1) is 11.3 Å². The number of hydrogen-bond donors (Lipinski definition) is 1. The van der Waals surface area contributed by atoms with Gasteiger partial charge in [-0.05, 0) is 6.92 Å². The second-order valence-corrected chi connectivity index (χ2v) is 4.40. The summed E-state index contributed by atoms with van der Waals surface area (Å²) in [4.78, 5) is 26.4. The molecule has 1 amide bonds. The van der Waals surface area contributed by atoms with Crippen molar-refractivity contribution in [3.63, 3.8) is 0 Å². The van der Waals surface area contributed by atoms with Crippen LogP contribution in [0.25, 0.3) is 0 Å². The predicted molar refractivity (Wildman–Crippen MR) is 65.1 cm³/mol. The lowest BCUT2D eigenvalue weighted by Gasteiger charge is -1.98. The van der Waals surface area contributed by atoms with E-state index < -0.39 is 5.97 Å². The topological polar surface area (TPSA) is 68.3 Å². The molecule has 0 atom stereocenters. The van der Waals surface area contributed by atoms with E-state index in [1.165, 1.54) is 11.3 Å². The van der Waals surface area contributed by atoms with Crippen molar-refractivity contribution in [1.29, 1.82) is 0 Å². The number of rotatable bonds is 5. The third-order valence-corrected chi connectivity index (χ3v) is 2.71. The molecule has 1 rings (SSSR count). The van der Waals surface area contributed by atoms with Crippen molar-refractivity contribution in [2.75, 3.05) is 17.3 Å². The molecule has 0 radical (unpaired) electrons. The highest BCUT2D eigenvalue weighted by Crippen LogP contribution is 2.16. The maximum Gasteiger partial charge on any atom is 0.357 e. The number of thiazole rings is 1. The van der Waals surface area contributed by atoms with E-state index >= 15 is 0 Å². The van der Waals surface area contributed by atoms with E-state index in [2.05, 4.69) is 26.2 Å². The number of nitrogens with one attached hydrogen (secondary N) is 1. The van der Waals surface area contributed by atoms with Crippen LogP contribution in [0.15, 0.2) is 5.38 Å². The quantitative estimate of drug-likeness (QED) is 0.668. The van der Waals surface area contributed by atoms with Gasteiger partial charge in [-0.2, -0.15) is 0 Å². The van der Waals surface area contributed by atoms with Crippen molar-refractivity contribution in [2.24, 2.45) is 0 Å². The third kappa shape index (κ3) is 3.90. The van der Waals surface area contributed by atoms with E-state index in [4.69, 9.17) is 4.74 Å². The van der Waals surface area contributed by atoms with Crippen molar-refractivity contribution in [2.45, 2.75) is 13.3 Å². The SMILES string of the molecule is CCOC(=O)c1csc(NC(=O)CCBr)n1. The Morgan fingerprint density at radius 3 is 3.00 bits per heavy atom. The molecule has 7 heteroatoms.